The molecule has 1 heterocycles. The first-order valence-electron chi connectivity index (χ1n) is 6.13. The number of amides is 1. The molecule has 5 nitrogen and oxygen atoms in total. The highest BCUT2D eigenvalue weighted by Crippen LogP contribution is 2.10. The third-order valence-corrected chi connectivity index (χ3v) is 2.60. The lowest BCUT2D eigenvalue weighted by molar-refractivity contribution is 0.0950. The lowest BCUT2D eigenvalue weighted by atomic mass is 10.1. The summed E-state index contributed by atoms with van der Waals surface area (Å²) in [6.07, 6.45) is 2.96. The molecule has 106 valence electrons. The lowest BCUT2D eigenvalue weighted by Crippen LogP contribution is -2.24. The monoisotopic (exact) mass is 285 g/mol. The number of rotatable bonds is 3. The summed E-state index contributed by atoms with van der Waals surface area (Å²) < 4.78 is 13.2. The number of nitrogens with one attached hydrogen (secondary N) is 1. The molecule has 2 N–H and O–H groups in total. The number of nitrogens with zero attached hydrogens (tertiary/aromatic N) is 2. The van der Waals surface area contributed by atoms with Gasteiger partial charge in [0.15, 0.2) is 0 Å². The molecule has 1 aromatic heterocycles. The van der Waals surface area contributed by atoms with Crippen molar-refractivity contribution < 1.29 is 14.3 Å². The van der Waals surface area contributed by atoms with Crippen molar-refractivity contribution >= 4 is 5.91 Å². The quantitative estimate of drug-likeness (QED) is 0.821. The van der Waals surface area contributed by atoms with Gasteiger partial charge in [-0.1, -0.05) is 11.8 Å². The number of hydrogen-bond donors (Lipinski definition) is 2. The predicted octanol–water partition coefficient (Wildman–Crippen LogP) is 0.890. The maximum Gasteiger partial charge on any atom is 0.252 e. The van der Waals surface area contributed by atoms with Crippen molar-refractivity contribution in [3.8, 4) is 11.8 Å². The van der Waals surface area contributed by atoms with Crippen LogP contribution in [0.5, 0.6) is 0 Å². The van der Waals surface area contributed by atoms with Crippen molar-refractivity contribution in [2.75, 3.05) is 6.61 Å². The second-order valence-corrected chi connectivity index (χ2v) is 4.03. The van der Waals surface area contributed by atoms with Crippen LogP contribution < -0.4 is 5.32 Å². The van der Waals surface area contributed by atoms with Gasteiger partial charge < -0.3 is 10.4 Å². The van der Waals surface area contributed by atoms with Crippen molar-refractivity contribution in [2.24, 2.45) is 0 Å². The molecule has 2 rings (SSSR count). The van der Waals surface area contributed by atoms with Crippen LogP contribution in [0.3, 0.4) is 0 Å². The summed E-state index contributed by atoms with van der Waals surface area (Å²) in [4.78, 5) is 19.9. The van der Waals surface area contributed by atoms with E-state index in [0.717, 1.165) is 6.07 Å². The summed E-state index contributed by atoms with van der Waals surface area (Å²) >= 11 is 0. The van der Waals surface area contributed by atoms with Crippen molar-refractivity contribution in [1.82, 2.24) is 15.3 Å². The molecule has 0 saturated heterocycles. The predicted molar refractivity (Wildman–Crippen MR) is 73.6 cm³/mol. The molecule has 0 aliphatic heterocycles. The molecule has 21 heavy (non-hydrogen) atoms. The fraction of sp³-hybridized carbons (Fsp3) is 0.133. The van der Waals surface area contributed by atoms with Gasteiger partial charge in [0.2, 0.25) is 0 Å². The first-order valence-corrected chi connectivity index (χ1v) is 6.13. The second kappa shape index (κ2) is 7.12. The normalized spacial score (nSPS) is 9.62. The van der Waals surface area contributed by atoms with E-state index < -0.39 is 11.7 Å². The number of aliphatic hydroxyl groups is 1. The highest BCUT2D eigenvalue weighted by molar-refractivity contribution is 5.96. The maximum atomic E-state index is 13.2. The standard InChI is InChI=1S/C15H12FN3O2/c16-12-3-4-14(11(8-12)2-1-7-20)15(21)18-9-13-5-6-17-10-19-13/h3-6,8,10,20H,7,9H2,(H,18,21). The zero-order chi connectivity index (χ0) is 15.1. The molecule has 6 heteroatoms. The number of carbonyl (C=O) groups is 1. The van der Waals surface area contributed by atoms with Crippen LogP contribution in [0.2, 0.25) is 0 Å². The van der Waals surface area contributed by atoms with Gasteiger partial charge in [0.05, 0.1) is 17.8 Å². The van der Waals surface area contributed by atoms with Crippen LogP contribution in [0.1, 0.15) is 21.6 Å². The molecule has 0 unspecified atom stereocenters. The number of hydrogen-bond acceptors (Lipinski definition) is 4. The van der Waals surface area contributed by atoms with E-state index >= 15 is 0 Å². The lowest BCUT2D eigenvalue weighted by Gasteiger charge is -2.06. The van der Waals surface area contributed by atoms with Crippen molar-refractivity contribution in [2.45, 2.75) is 6.54 Å². The Hall–Kier alpha value is -2.78. The number of aliphatic hydroxyl groups excluding tert-OH is 1. The molecule has 0 radical (unpaired) electrons. The van der Waals surface area contributed by atoms with Gasteiger partial charge in [-0.15, -0.1) is 0 Å². The molecule has 0 bridgehead atoms. The molecule has 2 aromatic rings. The largest absolute Gasteiger partial charge is 0.384 e. The molecule has 1 aromatic carbocycles. The Morgan fingerprint density at radius 3 is 2.95 bits per heavy atom. The average Bonchev–Trinajstić information content (AvgIpc) is 2.51. The summed E-state index contributed by atoms with van der Waals surface area (Å²) in [7, 11) is 0. The van der Waals surface area contributed by atoms with E-state index in [1.807, 2.05) is 0 Å². The minimum Gasteiger partial charge on any atom is -0.384 e. The highest BCUT2D eigenvalue weighted by atomic mass is 19.1. The number of carbonyl (C=O) groups excluding carboxylic acids is 1. The van der Waals surface area contributed by atoms with Gasteiger partial charge in [-0.3, -0.25) is 4.79 Å². The zero-order valence-electron chi connectivity index (χ0n) is 11.0. The Morgan fingerprint density at radius 2 is 2.24 bits per heavy atom. The smallest absolute Gasteiger partial charge is 0.252 e. The Balaban J connectivity index is 2.15. The Labute approximate surface area is 120 Å². The van der Waals surface area contributed by atoms with Gasteiger partial charge in [-0.25, -0.2) is 14.4 Å². The molecule has 0 spiro atoms. The molecule has 0 aliphatic carbocycles. The Morgan fingerprint density at radius 1 is 1.38 bits per heavy atom. The van der Waals surface area contributed by atoms with Gasteiger partial charge in [0, 0.05) is 11.8 Å². The van der Waals surface area contributed by atoms with Crippen LogP contribution in [0.15, 0.2) is 36.8 Å². The van der Waals surface area contributed by atoms with E-state index in [1.54, 1.807) is 12.3 Å². The fourth-order valence-electron chi connectivity index (χ4n) is 1.64. The molecule has 1 amide bonds. The van der Waals surface area contributed by atoms with Gasteiger partial charge in [0.1, 0.15) is 18.8 Å². The third-order valence-electron chi connectivity index (χ3n) is 2.60. The second-order valence-electron chi connectivity index (χ2n) is 4.03. The SMILES string of the molecule is O=C(NCc1ccncn1)c1ccc(F)cc1C#CCO. The summed E-state index contributed by atoms with van der Waals surface area (Å²) in [5, 5.41) is 11.4. The third kappa shape index (κ3) is 4.09. The molecular weight excluding hydrogens is 273 g/mol. The van der Waals surface area contributed by atoms with E-state index in [0.29, 0.717) is 5.69 Å². The van der Waals surface area contributed by atoms with Crippen LogP contribution in [-0.4, -0.2) is 27.6 Å². The molecule has 0 saturated carbocycles. The van der Waals surface area contributed by atoms with E-state index in [9.17, 15) is 9.18 Å². The van der Waals surface area contributed by atoms with E-state index in [1.165, 1.54) is 18.5 Å². The summed E-state index contributed by atoms with van der Waals surface area (Å²) in [5.74, 6) is 4.07. The topological polar surface area (TPSA) is 75.1 Å². The minimum absolute atomic E-state index is 0.226. The molecule has 0 fully saturated rings. The zero-order valence-corrected chi connectivity index (χ0v) is 11.0. The van der Waals surface area contributed by atoms with E-state index in [-0.39, 0.29) is 24.3 Å². The molecular formula is C15H12FN3O2. The molecule has 0 aliphatic rings. The number of aromatic nitrogens is 2. The van der Waals surface area contributed by atoms with Crippen LogP contribution in [0.25, 0.3) is 0 Å². The van der Waals surface area contributed by atoms with Gasteiger partial charge in [-0.05, 0) is 24.3 Å². The Bertz CT molecular complexity index is 693. The summed E-state index contributed by atoms with van der Waals surface area (Å²) in [6, 6.07) is 5.37. The Kier molecular flexibility index (Phi) is 4.96. The number of benzene rings is 1. The van der Waals surface area contributed by atoms with E-state index in [4.69, 9.17) is 5.11 Å². The van der Waals surface area contributed by atoms with E-state index in [2.05, 4.69) is 27.1 Å². The highest BCUT2D eigenvalue weighted by Gasteiger charge is 2.11. The van der Waals surface area contributed by atoms with Gasteiger partial charge in [-0.2, -0.15) is 0 Å². The molecule has 0 atom stereocenters. The summed E-state index contributed by atoms with van der Waals surface area (Å²) in [6.45, 7) is -0.135. The minimum atomic E-state index is -0.496. The van der Waals surface area contributed by atoms with Crippen molar-refractivity contribution in [3.63, 3.8) is 0 Å². The fourth-order valence-corrected chi connectivity index (χ4v) is 1.64. The van der Waals surface area contributed by atoms with Crippen molar-refractivity contribution in [3.05, 3.63) is 59.4 Å². The van der Waals surface area contributed by atoms with Crippen molar-refractivity contribution in [1.29, 1.82) is 0 Å². The van der Waals surface area contributed by atoms with Crippen LogP contribution in [-0.2, 0) is 6.54 Å². The van der Waals surface area contributed by atoms with Crippen LogP contribution in [0.4, 0.5) is 4.39 Å². The van der Waals surface area contributed by atoms with Crippen LogP contribution >= 0.6 is 0 Å². The van der Waals surface area contributed by atoms with Gasteiger partial charge >= 0.3 is 0 Å². The first-order chi connectivity index (χ1) is 10.2. The average molecular weight is 285 g/mol. The summed E-state index contributed by atoms with van der Waals surface area (Å²) in [5.41, 5.74) is 1.12. The number of halogens is 1. The van der Waals surface area contributed by atoms with Gasteiger partial charge in [0.25, 0.3) is 5.91 Å². The first kappa shape index (κ1) is 14.6. The van der Waals surface area contributed by atoms with Crippen LogP contribution in [0, 0.1) is 17.7 Å². The maximum absolute atomic E-state index is 13.2.